The molecule has 1 aromatic heterocycles. The molecule has 0 saturated heterocycles. The van der Waals surface area contributed by atoms with E-state index in [1.54, 1.807) is 11.8 Å². The van der Waals surface area contributed by atoms with E-state index in [1.807, 2.05) is 12.3 Å². The Labute approximate surface area is 107 Å². The molecule has 0 fully saturated rings. The van der Waals surface area contributed by atoms with Gasteiger partial charge < -0.3 is 10.4 Å². The van der Waals surface area contributed by atoms with Crippen molar-refractivity contribution in [2.24, 2.45) is 5.92 Å². The summed E-state index contributed by atoms with van der Waals surface area (Å²) in [7, 11) is 0. The maximum absolute atomic E-state index is 9.99. The SMILES string of the molecule is CCC(CC)C(O)CNc1cc(SC)ncn1. The van der Waals surface area contributed by atoms with Gasteiger partial charge in [0.05, 0.1) is 6.10 Å². The lowest BCUT2D eigenvalue weighted by Gasteiger charge is -2.20. The molecule has 4 nitrogen and oxygen atoms in total. The summed E-state index contributed by atoms with van der Waals surface area (Å²) < 4.78 is 0. The lowest BCUT2D eigenvalue weighted by atomic mass is 9.97. The quantitative estimate of drug-likeness (QED) is 0.579. The van der Waals surface area contributed by atoms with Crippen LogP contribution in [0.1, 0.15) is 26.7 Å². The Balaban J connectivity index is 2.49. The van der Waals surface area contributed by atoms with E-state index in [9.17, 15) is 5.11 Å². The van der Waals surface area contributed by atoms with Gasteiger partial charge in [0.15, 0.2) is 0 Å². The first-order valence-electron chi connectivity index (χ1n) is 5.99. The van der Waals surface area contributed by atoms with Gasteiger partial charge in [-0.05, 0) is 12.2 Å². The van der Waals surface area contributed by atoms with Crippen LogP contribution in [0.2, 0.25) is 0 Å². The lowest BCUT2D eigenvalue weighted by molar-refractivity contribution is 0.114. The van der Waals surface area contributed by atoms with E-state index in [-0.39, 0.29) is 6.10 Å². The number of aliphatic hydroxyl groups is 1. The molecule has 1 unspecified atom stereocenters. The van der Waals surface area contributed by atoms with Crippen LogP contribution in [0.4, 0.5) is 5.82 Å². The Morgan fingerprint density at radius 2 is 2.06 bits per heavy atom. The molecule has 0 aliphatic heterocycles. The third kappa shape index (κ3) is 4.52. The summed E-state index contributed by atoms with van der Waals surface area (Å²) in [6.07, 6.45) is 5.19. The zero-order valence-electron chi connectivity index (χ0n) is 10.7. The first kappa shape index (κ1) is 14.3. The van der Waals surface area contributed by atoms with Crippen molar-refractivity contribution in [2.75, 3.05) is 18.1 Å². The number of aliphatic hydroxyl groups excluding tert-OH is 1. The fourth-order valence-corrected chi connectivity index (χ4v) is 2.14. The number of hydrogen-bond donors (Lipinski definition) is 2. The Morgan fingerprint density at radius 1 is 1.35 bits per heavy atom. The van der Waals surface area contributed by atoms with Crippen molar-refractivity contribution in [3.8, 4) is 0 Å². The molecule has 1 aromatic rings. The summed E-state index contributed by atoms with van der Waals surface area (Å²) in [6, 6.07) is 1.89. The molecule has 0 aliphatic carbocycles. The third-order valence-electron chi connectivity index (χ3n) is 2.94. The highest BCUT2D eigenvalue weighted by molar-refractivity contribution is 7.98. The number of nitrogens with one attached hydrogen (secondary N) is 1. The first-order chi connectivity index (χ1) is 8.21. The smallest absolute Gasteiger partial charge is 0.130 e. The van der Waals surface area contributed by atoms with Crippen LogP contribution >= 0.6 is 11.8 Å². The molecule has 0 aliphatic rings. The molecule has 17 heavy (non-hydrogen) atoms. The standard InChI is InChI=1S/C12H21N3OS/c1-4-9(5-2)10(16)7-13-11-6-12(17-3)15-8-14-11/h6,8-10,16H,4-5,7H2,1-3H3,(H,13,14,15). The van der Waals surface area contributed by atoms with E-state index in [2.05, 4.69) is 29.1 Å². The van der Waals surface area contributed by atoms with E-state index in [0.29, 0.717) is 12.5 Å². The normalized spacial score (nSPS) is 12.8. The number of hydrogen-bond acceptors (Lipinski definition) is 5. The van der Waals surface area contributed by atoms with Gasteiger partial charge in [-0.2, -0.15) is 0 Å². The molecule has 1 atom stereocenters. The molecule has 0 radical (unpaired) electrons. The summed E-state index contributed by atoms with van der Waals surface area (Å²) in [6.45, 7) is 4.75. The van der Waals surface area contributed by atoms with Gasteiger partial charge in [-0.15, -0.1) is 11.8 Å². The molecule has 0 aromatic carbocycles. The topological polar surface area (TPSA) is 58.0 Å². The van der Waals surface area contributed by atoms with E-state index in [0.717, 1.165) is 23.7 Å². The van der Waals surface area contributed by atoms with Crippen LogP contribution in [0.25, 0.3) is 0 Å². The van der Waals surface area contributed by atoms with Crippen LogP contribution in [0.5, 0.6) is 0 Å². The average Bonchev–Trinajstić information content (AvgIpc) is 2.38. The van der Waals surface area contributed by atoms with Crippen molar-refractivity contribution in [1.82, 2.24) is 9.97 Å². The van der Waals surface area contributed by atoms with Crippen molar-refractivity contribution in [1.29, 1.82) is 0 Å². The van der Waals surface area contributed by atoms with Crippen molar-refractivity contribution < 1.29 is 5.11 Å². The summed E-state index contributed by atoms with van der Waals surface area (Å²) in [5, 5.41) is 14.1. The Morgan fingerprint density at radius 3 is 2.65 bits per heavy atom. The maximum Gasteiger partial charge on any atom is 0.130 e. The van der Waals surface area contributed by atoms with E-state index in [1.165, 1.54) is 6.33 Å². The molecule has 1 rings (SSSR count). The summed E-state index contributed by atoms with van der Waals surface area (Å²) in [5.74, 6) is 1.12. The summed E-state index contributed by atoms with van der Waals surface area (Å²) in [5.41, 5.74) is 0. The van der Waals surface area contributed by atoms with Crippen molar-refractivity contribution in [3.63, 3.8) is 0 Å². The average molecular weight is 255 g/mol. The van der Waals surface area contributed by atoms with Crippen molar-refractivity contribution in [3.05, 3.63) is 12.4 Å². The van der Waals surface area contributed by atoms with Crippen LogP contribution in [-0.2, 0) is 0 Å². The van der Waals surface area contributed by atoms with Gasteiger partial charge in [0.2, 0.25) is 0 Å². The molecular weight excluding hydrogens is 234 g/mol. The van der Waals surface area contributed by atoms with Crippen LogP contribution in [0.3, 0.4) is 0 Å². The van der Waals surface area contributed by atoms with Crippen LogP contribution < -0.4 is 5.32 Å². The second kappa shape index (κ2) is 7.50. The van der Waals surface area contributed by atoms with Crippen molar-refractivity contribution in [2.45, 2.75) is 37.8 Å². The molecule has 0 bridgehead atoms. The number of thioether (sulfide) groups is 1. The fourth-order valence-electron chi connectivity index (χ4n) is 1.76. The van der Waals surface area contributed by atoms with E-state index >= 15 is 0 Å². The molecule has 0 amide bonds. The summed E-state index contributed by atoms with van der Waals surface area (Å²) >= 11 is 1.58. The zero-order valence-corrected chi connectivity index (χ0v) is 11.5. The number of nitrogens with zero attached hydrogens (tertiary/aromatic N) is 2. The number of aromatic nitrogens is 2. The van der Waals surface area contributed by atoms with Gasteiger partial charge >= 0.3 is 0 Å². The van der Waals surface area contributed by atoms with Gasteiger partial charge in [-0.1, -0.05) is 26.7 Å². The van der Waals surface area contributed by atoms with Crippen LogP contribution in [0.15, 0.2) is 17.4 Å². The molecule has 2 N–H and O–H groups in total. The largest absolute Gasteiger partial charge is 0.391 e. The van der Waals surface area contributed by atoms with Gasteiger partial charge in [-0.25, -0.2) is 9.97 Å². The Bertz CT molecular complexity index is 331. The first-order valence-corrected chi connectivity index (χ1v) is 7.21. The molecular formula is C12H21N3OS. The monoisotopic (exact) mass is 255 g/mol. The van der Waals surface area contributed by atoms with Crippen LogP contribution in [-0.4, -0.2) is 34.0 Å². The van der Waals surface area contributed by atoms with Gasteiger partial charge in [0, 0.05) is 12.6 Å². The highest BCUT2D eigenvalue weighted by atomic mass is 32.2. The zero-order chi connectivity index (χ0) is 12.7. The second-order valence-corrected chi connectivity index (χ2v) is 4.80. The second-order valence-electron chi connectivity index (χ2n) is 3.97. The molecule has 0 spiro atoms. The minimum atomic E-state index is -0.322. The highest BCUT2D eigenvalue weighted by Crippen LogP contribution is 2.16. The van der Waals surface area contributed by atoms with Gasteiger partial charge in [0.25, 0.3) is 0 Å². The van der Waals surface area contributed by atoms with Crippen molar-refractivity contribution >= 4 is 17.6 Å². The Hall–Kier alpha value is -0.810. The minimum Gasteiger partial charge on any atom is -0.391 e. The number of rotatable bonds is 7. The molecule has 1 heterocycles. The molecule has 96 valence electrons. The number of anilines is 1. The van der Waals surface area contributed by atoms with Crippen LogP contribution in [0, 0.1) is 5.92 Å². The fraction of sp³-hybridized carbons (Fsp3) is 0.667. The predicted octanol–water partition coefficient (Wildman–Crippen LogP) is 2.41. The lowest BCUT2D eigenvalue weighted by Crippen LogP contribution is -2.27. The third-order valence-corrected chi connectivity index (χ3v) is 3.58. The maximum atomic E-state index is 9.99. The summed E-state index contributed by atoms with van der Waals surface area (Å²) in [4.78, 5) is 8.23. The van der Waals surface area contributed by atoms with Gasteiger partial charge in [0.1, 0.15) is 17.2 Å². The minimum absolute atomic E-state index is 0.322. The molecule has 0 saturated carbocycles. The van der Waals surface area contributed by atoms with Gasteiger partial charge in [-0.3, -0.25) is 0 Å². The molecule has 5 heteroatoms. The van der Waals surface area contributed by atoms with E-state index < -0.39 is 0 Å². The van der Waals surface area contributed by atoms with E-state index in [4.69, 9.17) is 0 Å². The Kier molecular flexibility index (Phi) is 6.29. The predicted molar refractivity (Wildman–Crippen MR) is 72.4 cm³/mol. The highest BCUT2D eigenvalue weighted by Gasteiger charge is 2.15.